The summed E-state index contributed by atoms with van der Waals surface area (Å²) < 4.78 is 48.1. The second-order valence-corrected chi connectivity index (χ2v) is 6.17. The third kappa shape index (κ3) is 4.92. The summed E-state index contributed by atoms with van der Waals surface area (Å²) in [4.78, 5) is 11.6. The van der Waals surface area contributed by atoms with E-state index in [1.165, 1.54) is 37.6 Å². The van der Waals surface area contributed by atoms with Crippen LogP contribution in [0.25, 0.3) is 6.08 Å². The first-order valence-corrected chi connectivity index (χ1v) is 8.00. The molecule has 0 aliphatic carbocycles. The monoisotopic (exact) mass is 340 g/mol. The Labute approximate surface area is 131 Å². The zero-order valence-electron chi connectivity index (χ0n) is 12.0. The molecule has 0 aliphatic heterocycles. The first-order valence-electron chi connectivity index (χ1n) is 6.35. The van der Waals surface area contributed by atoms with Crippen molar-refractivity contribution in [2.24, 2.45) is 0 Å². The molecule has 9 heteroatoms. The largest absolute Gasteiger partial charge is 0.494 e. The fourth-order valence-corrected chi connectivity index (χ4v) is 2.67. The third-order valence-corrected chi connectivity index (χ3v) is 3.88. The van der Waals surface area contributed by atoms with Gasteiger partial charge in [-0.05, 0) is 23.8 Å². The molecule has 23 heavy (non-hydrogen) atoms. The highest BCUT2D eigenvalue weighted by atomic mass is 32.2. The quantitative estimate of drug-likeness (QED) is 0.800. The normalized spacial score (nSPS) is 11.6. The molecule has 0 unspecified atom stereocenters. The van der Waals surface area contributed by atoms with Crippen molar-refractivity contribution in [3.63, 3.8) is 0 Å². The van der Waals surface area contributed by atoms with E-state index in [0.29, 0.717) is 5.56 Å². The predicted molar refractivity (Wildman–Crippen MR) is 79.3 cm³/mol. The van der Waals surface area contributed by atoms with Crippen LogP contribution in [0.3, 0.4) is 0 Å². The SMILES string of the molecule is COc1ccc(/C=C/C(=O)NS(=O)(=O)Cc2ccon2)cc1F. The molecule has 1 amide bonds. The van der Waals surface area contributed by atoms with Gasteiger partial charge in [0.2, 0.25) is 10.0 Å². The van der Waals surface area contributed by atoms with Gasteiger partial charge in [-0.15, -0.1) is 0 Å². The summed E-state index contributed by atoms with van der Waals surface area (Å²) in [5.74, 6) is -1.86. The summed E-state index contributed by atoms with van der Waals surface area (Å²) >= 11 is 0. The first kappa shape index (κ1) is 16.7. The second kappa shape index (κ2) is 7.05. The molecule has 1 N–H and O–H groups in total. The number of ether oxygens (including phenoxy) is 1. The van der Waals surface area contributed by atoms with Gasteiger partial charge in [0.15, 0.2) is 11.6 Å². The molecule has 7 nitrogen and oxygen atoms in total. The molecule has 0 radical (unpaired) electrons. The van der Waals surface area contributed by atoms with E-state index in [9.17, 15) is 17.6 Å². The first-order chi connectivity index (χ1) is 10.9. The van der Waals surface area contributed by atoms with Crippen LogP contribution < -0.4 is 9.46 Å². The number of benzene rings is 1. The molecule has 2 aromatic rings. The maximum Gasteiger partial charge on any atom is 0.257 e. The van der Waals surface area contributed by atoms with Crippen molar-refractivity contribution in [3.8, 4) is 5.75 Å². The molecule has 1 heterocycles. The fourth-order valence-electron chi connectivity index (χ4n) is 1.69. The highest BCUT2D eigenvalue weighted by Crippen LogP contribution is 2.18. The van der Waals surface area contributed by atoms with E-state index in [0.717, 1.165) is 12.1 Å². The van der Waals surface area contributed by atoms with Crippen LogP contribution in [-0.4, -0.2) is 26.6 Å². The fraction of sp³-hybridized carbons (Fsp3) is 0.143. The van der Waals surface area contributed by atoms with Gasteiger partial charge in [0, 0.05) is 12.1 Å². The van der Waals surface area contributed by atoms with Crippen LogP contribution in [0.2, 0.25) is 0 Å². The minimum absolute atomic E-state index is 0.0711. The lowest BCUT2D eigenvalue weighted by Gasteiger charge is -2.03. The third-order valence-electron chi connectivity index (χ3n) is 2.69. The van der Waals surface area contributed by atoms with E-state index in [-0.39, 0.29) is 11.4 Å². The Morgan fingerprint density at radius 3 is 2.83 bits per heavy atom. The number of halogens is 1. The number of aromatic nitrogens is 1. The van der Waals surface area contributed by atoms with Gasteiger partial charge >= 0.3 is 0 Å². The van der Waals surface area contributed by atoms with Crippen LogP contribution in [0.15, 0.2) is 41.1 Å². The average molecular weight is 340 g/mol. The zero-order chi connectivity index (χ0) is 16.9. The van der Waals surface area contributed by atoms with Crippen molar-refractivity contribution in [3.05, 3.63) is 53.7 Å². The summed E-state index contributed by atoms with van der Waals surface area (Å²) in [7, 11) is -2.56. The van der Waals surface area contributed by atoms with Crippen molar-refractivity contribution >= 4 is 22.0 Å². The molecular formula is C14H13FN2O5S. The highest BCUT2D eigenvalue weighted by molar-refractivity contribution is 7.89. The molecule has 2 rings (SSSR count). The van der Waals surface area contributed by atoms with Gasteiger partial charge in [0.25, 0.3) is 5.91 Å². The zero-order valence-corrected chi connectivity index (χ0v) is 12.8. The maximum atomic E-state index is 13.5. The molecule has 0 fully saturated rings. The molecular weight excluding hydrogens is 327 g/mol. The standard InChI is InChI=1S/C14H13FN2O5S/c1-21-13-4-2-10(8-12(13)15)3-5-14(18)17-23(19,20)9-11-6-7-22-16-11/h2-8H,9H2,1H3,(H,17,18)/b5-3+. The minimum Gasteiger partial charge on any atom is -0.494 e. The number of sulfonamides is 1. The Hall–Kier alpha value is -2.68. The number of methoxy groups -OCH3 is 1. The molecule has 0 atom stereocenters. The van der Waals surface area contributed by atoms with Crippen LogP contribution in [0, 0.1) is 5.82 Å². The number of hydrogen-bond acceptors (Lipinski definition) is 6. The van der Waals surface area contributed by atoms with Crippen molar-refractivity contribution in [1.82, 2.24) is 9.88 Å². The summed E-state index contributed by atoms with van der Waals surface area (Å²) in [6.45, 7) is 0. The molecule has 0 bridgehead atoms. The highest BCUT2D eigenvalue weighted by Gasteiger charge is 2.15. The molecule has 1 aromatic heterocycles. The Balaban J connectivity index is 2.00. The molecule has 0 aliphatic rings. The molecule has 0 saturated heterocycles. The second-order valence-electron chi connectivity index (χ2n) is 4.44. The summed E-state index contributed by atoms with van der Waals surface area (Å²) in [5, 5.41) is 3.45. The van der Waals surface area contributed by atoms with Crippen LogP contribution in [-0.2, 0) is 20.6 Å². The lowest BCUT2D eigenvalue weighted by molar-refractivity contribution is -0.114. The Morgan fingerprint density at radius 2 is 2.22 bits per heavy atom. The lowest BCUT2D eigenvalue weighted by atomic mass is 10.2. The average Bonchev–Trinajstić information content (AvgIpc) is 2.96. The number of carbonyl (C=O) groups is 1. The van der Waals surface area contributed by atoms with Gasteiger partial charge < -0.3 is 9.26 Å². The van der Waals surface area contributed by atoms with Gasteiger partial charge in [-0.1, -0.05) is 11.2 Å². The molecule has 1 aromatic carbocycles. The Bertz CT molecular complexity index is 816. The number of nitrogens with one attached hydrogen (secondary N) is 1. The number of hydrogen-bond donors (Lipinski definition) is 1. The van der Waals surface area contributed by atoms with Gasteiger partial charge in [0.1, 0.15) is 17.7 Å². The van der Waals surface area contributed by atoms with Crippen LogP contribution >= 0.6 is 0 Å². The molecule has 0 spiro atoms. The summed E-state index contributed by atoms with van der Waals surface area (Å²) in [6, 6.07) is 5.45. The minimum atomic E-state index is -3.89. The number of rotatable bonds is 6. The van der Waals surface area contributed by atoms with E-state index in [2.05, 4.69) is 9.68 Å². The lowest BCUT2D eigenvalue weighted by Crippen LogP contribution is -2.30. The van der Waals surface area contributed by atoms with E-state index < -0.39 is 27.5 Å². The number of carbonyl (C=O) groups excluding carboxylic acids is 1. The van der Waals surface area contributed by atoms with Crippen LogP contribution in [0.5, 0.6) is 5.75 Å². The van der Waals surface area contributed by atoms with Gasteiger partial charge in [0.05, 0.1) is 7.11 Å². The van der Waals surface area contributed by atoms with E-state index in [1.54, 1.807) is 0 Å². The Morgan fingerprint density at radius 1 is 1.43 bits per heavy atom. The topological polar surface area (TPSA) is 98.5 Å². The number of amides is 1. The van der Waals surface area contributed by atoms with Gasteiger partial charge in [-0.3, -0.25) is 4.79 Å². The van der Waals surface area contributed by atoms with Crippen molar-refractivity contribution < 1.29 is 26.9 Å². The summed E-state index contributed by atoms with van der Waals surface area (Å²) in [5.41, 5.74) is 0.554. The molecule has 0 saturated carbocycles. The Kier molecular flexibility index (Phi) is 5.12. The van der Waals surface area contributed by atoms with Crippen molar-refractivity contribution in [2.75, 3.05) is 7.11 Å². The van der Waals surface area contributed by atoms with Gasteiger partial charge in [-0.25, -0.2) is 17.5 Å². The van der Waals surface area contributed by atoms with Crippen LogP contribution in [0.1, 0.15) is 11.3 Å². The maximum absolute atomic E-state index is 13.5. The smallest absolute Gasteiger partial charge is 0.257 e. The van der Waals surface area contributed by atoms with E-state index in [1.807, 2.05) is 4.72 Å². The van der Waals surface area contributed by atoms with E-state index >= 15 is 0 Å². The van der Waals surface area contributed by atoms with Crippen LogP contribution in [0.4, 0.5) is 4.39 Å². The molecule has 122 valence electrons. The predicted octanol–water partition coefficient (Wildman–Crippen LogP) is 1.48. The van der Waals surface area contributed by atoms with Crippen molar-refractivity contribution in [2.45, 2.75) is 5.75 Å². The summed E-state index contributed by atoms with van der Waals surface area (Å²) in [6.07, 6.45) is 3.50. The van der Waals surface area contributed by atoms with E-state index in [4.69, 9.17) is 4.74 Å². The number of nitrogens with zero attached hydrogens (tertiary/aromatic N) is 1. The van der Waals surface area contributed by atoms with Gasteiger partial charge in [-0.2, -0.15) is 0 Å². The van der Waals surface area contributed by atoms with Crippen molar-refractivity contribution in [1.29, 1.82) is 0 Å².